The molecule has 0 aliphatic rings. The van der Waals surface area contributed by atoms with E-state index in [2.05, 4.69) is 4.98 Å². The Bertz CT molecular complexity index is 738. The summed E-state index contributed by atoms with van der Waals surface area (Å²) in [6.07, 6.45) is 0. The highest BCUT2D eigenvalue weighted by atomic mass is 19.1. The minimum absolute atomic E-state index is 0.273. The van der Waals surface area contributed by atoms with E-state index in [4.69, 9.17) is 5.73 Å². The molecule has 0 radical (unpaired) electrons. The maximum absolute atomic E-state index is 13.2. The lowest BCUT2D eigenvalue weighted by atomic mass is 10.0. The summed E-state index contributed by atoms with van der Waals surface area (Å²) in [7, 11) is 0. The fraction of sp³-hybridized carbons (Fsp3) is 0.0625. The van der Waals surface area contributed by atoms with E-state index in [9.17, 15) is 4.39 Å². The predicted octanol–water partition coefficient (Wildman–Crippen LogP) is 3.50. The van der Waals surface area contributed by atoms with Crippen LogP contribution in [0, 0.1) is 5.82 Å². The summed E-state index contributed by atoms with van der Waals surface area (Å²) in [4.78, 5) is 4.61. The second kappa shape index (κ2) is 4.78. The van der Waals surface area contributed by atoms with Crippen LogP contribution in [0.25, 0.3) is 22.2 Å². The summed E-state index contributed by atoms with van der Waals surface area (Å²) in [5.74, 6) is -0.273. The summed E-state index contributed by atoms with van der Waals surface area (Å²) in [5, 5.41) is 1.09. The van der Waals surface area contributed by atoms with E-state index in [-0.39, 0.29) is 5.82 Å². The normalized spacial score (nSPS) is 10.8. The minimum Gasteiger partial charge on any atom is -0.326 e. The van der Waals surface area contributed by atoms with Crippen LogP contribution < -0.4 is 5.73 Å². The number of para-hydroxylation sites is 1. The van der Waals surface area contributed by atoms with Crippen LogP contribution in [0.3, 0.4) is 0 Å². The monoisotopic (exact) mass is 252 g/mol. The van der Waals surface area contributed by atoms with Gasteiger partial charge in [-0.1, -0.05) is 24.3 Å². The molecule has 1 heterocycles. The number of halogens is 1. The second-order valence-corrected chi connectivity index (χ2v) is 4.39. The number of hydrogen-bond donors (Lipinski definition) is 1. The fourth-order valence-corrected chi connectivity index (χ4v) is 2.20. The van der Waals surface area contributed by atoms with E-state index in [0.717, 1.165) is 27.7 Å². The Morgan fingerprint density at radius 2 is 1.84 bits per heavy atom. The molecule has 3 rings (SSSR count). The van der Waals surface area contributed by atoms with Crippen LogP contribution in [0.5, 0.6) is 0 Å². The number of hydrogen-bond acceptors (Lipinski definition) is 2. The summed E-state index contributed by atoms with van der Waals surface area (Å²) in [6, 6.07) is 16.5. The van der Waals surface area contributed by atoms with Crippen molar-refractivity contribution in [3.05, 3.63) is 66.0 Å². The first-order valence-corrected chi connectivity index (χ1v) is 6.12. The molecule has 0 spiro atoms. The van der Waals surface area contributed by atoms with Crippen LogP contribution in [-0.4, -0.2) is 4.98 Å². The van der Waals surface area contributed by atoms with Crippen molar-refractivity contribution < 1.29 is 4.39 Å². The largest absolute Gasteiger partial charge is 0.326 e. The molecule has 0 saturated heterocycles. The zero-order chi connectivity index (χ0) is 13.2. The molecular weight excluding hydrogens is 239 g/mol. The maximum atomic E-state index is 13.2. The molecule has 0 aliphatic carbocycles. The molecule has 0 fully saturated rings. The Labute approximate surface area is 110 Å². The van der Waals surface area contributed by atoms with Crippen LogP contribution in [0.15, 0.2) is 54.6 Å². The molecule has 0 unspecified atom stereocenters. The highest BCUT2D eigenvalue weighted by molar-refractivity contribution is 5.81. The van der Waals surface area contributed by atoms with Crippen molar-refractivity contribution in [3.8, 4) is 11.3 Å². The molecule has 2 nitrogen and oxygen atoms in total. The van der Waals surface area contributed by atoms with E-state index < -0.39 is 0 Å². The van der Waals surface area contributed by atoms with Crippen LogP contribution in [0.2, 0.25) is 0 Å². The van der Waals surface area contributed by atoms with Crippen molar-refractivity contribution in [3.63, 3.8) is 0 Å². The quantitative estimate of drug-likeness (QED) is 0.758. The third-order valence-electron chi connectivity index (χ3n) is 3.16. The average molecular weight is 252 g/mol. The van der Waals surface area contributed by atoms with Crippen LogP contribution in [0.1, 0.15) is 5.56 Å². The number of pyridine rings is 1. The topological polar surface area (TPSA) is 38.9 Å². The number of fused-ring (bicyclic) bond motifs is 1. The van der Waals surface area contributed by atoms with Gasteiger partial charge in [-0.15, -0.1) is 0 Å². The molecule has 1 aromatic heterocycles. The van der Waals surface area contributed by atoms with Crippen LogP contribution in [-0.2, 0) is 6.54 Å². The smallest absolute Gasteiger partial charge is 0.123 e. The molecule has 2 aromatic carbocycles. The standard InChI is InChI=1S/C16H13FN2/c17-13-6-7-14(12(9-13)10-18)16-8-5-11-3-1-2-4-15(11)19-16/h1-9H,10,18H2. The first-order valence-electron chi connectivity index (χ1n) is 6.12. The lowest BCUT2D eigenvalue weighted by Gasteiger charge is -2.08. The first-order chi connectivity index (χ1) is 9.28. The SMILES string of the molecule is NCc1cc(F)ccc1-c1ccc2ccccc2n1. The summed E-state index contributed by atoms with van der Waals surface area (Å²) in [6.45, 7) is 0.293. The number of nitrogens with two attached hydrogens (primary N) is 1. The zero-order valence-corrected chi connectivity index (χ0v) is 10.3. The van der Waals surface area contributed by atoms with Gasteiger partial charge in [-0.25, -0.2) is 9.37 Å². The van der Waals surface area contributed by atoms with E-state index >= 15 is 0 Å². The molecule has 2 N–H and O–H groups in total. The van der Waals surface area contributed by atoms with Crippen molar-refractivity contribution in [2.45, 2.75) is 6.54 Å². The lowest BCUT2D eigenvalue weighted by Crippen LogP contribution is -2.00. The van der Waals surface area contributed by atoms with Gasteiger partial charge in [0.15, 0.2) is 0 Å². The van der Waals surface area contributed by atoms with E-state index in [1.165, 1.54) is 12.1 Å². The molecule has 0 bridgehead atoms. The molecule has 0 atom stereocenters. The minimum atomic E-state index is -0.273. The summed E-state index contributed by atoms with van der Waals surface area (Å²) >= 11 is 0. The number of benzene rings is 2. The van der Waals surface area contributed by atoms with Gasteiger partial charge >= 0.3 is 0 Å². The number of nitrogens with zero attached hydrogens (tertiary/aromatic N) is 1. The highest BCUT2D eigenvalue weighted by Gasteiger charge is 2.07. The Morgan fingerprint density at radius 3 is 2.68 bits per heavy atom. The van der Waals surface area contributed by atoms with Gasteiger partial charge in [0, 0.05) is 17.5 Å². The van der Waals surface area contributed by atoms with Crippen molar-refractivity contribution in [1.82, 2.24) is 4.98 Å². The van der Waals surface area contributed by atoms with Gasteiger partial charge in [-0.3, -0.25) is 0 Å². The van der Waals surface area contributed by atoms with E-state index in [0.29, 0.717) is 6.54 Å². The summed E-state index contributed by atoms with van der Waals surface area (Å²) < 4.78 is 13.2. The van der Waals surface area contributed by atoms with Gasteiger partial charge in [0.25, 0.3) is 0 Å². The molecular formula is C16H13FN2. The third kappa shape index (κ3) is 2.20. The Morgan fingerprint density at radius 1 is 1.00 bits per heavy atom. The van der Waals surface area contributed by atoms with Crippen molar-refractivity contribution in [2.24, 2.45) is 5.73 Å². The van der Waals surface area contributed by atoms with Gasteiger partial charge in [0.1, 0.15) is 5.82 Å². The second-order valence-electron chi connectivity index (χ2n) is 4.39. The highest BCUT2D eigenvalue weighted by Crippen LogP contribution is 2.24. The van der Waals surface area contributed by atoms with Gasteiger partial charge in [-0.2, -0.15) is 0 Å². The van der Waals surface area contributed by atoms with Crippen LogP contribution >= 0.6 is 0 Å². The Hall–Kier alpha value is -2.26. The van der Waals surface area contributed by atoms with Crippen molar-refractivity contribution in [2.75, 3.05) is 0 Å². The molecule has 3 heteroatoms. The van der Waals surface area contributed by atoms with Gasteiger partial charge in [0.2, 0.25) is 0 Å². The van der Waals surface area contributed by atoms with E-state index in [1.807, 2.05) is 36.4 Å². The number of rotatable bonds is 2. The lowest BCUT2D eigenvalue weighted by molar-refractivity contribution is 0.625. The van der Waals surface area contributed by atoms with Gasteiger partial charge in [0.05, 0.1) is 11.2 Å². The molecule has 3 aromatic rings. The molecule has 0 amide bonds. The first kappa shape index (κ1) is 11.8. The van der Waals surface area contributed by atoms with Gasteiger partial charge in [-0.05, 0) is 35.9 Å². The van der Waals surface area contributed by atoms with Crippen LogP contribution in [0.4, 0.5) is 4.39 Å². The average Bonchev–Trinajstić information content (AvgIpc) is 2.46. The maximum Gasteiger partial charge on any atom is 0.123 e. The fourth-order valence-electron chi connectivity index (χ4n) is 2.20. The molecule has 0 aliphatic heterocycles. The van der Waals surface area contributed by atoms with E-state index in [1.54, 1.807) is 6.07 Å². The zero-order valence-electron chi connectivity index (χ0n) is 10.3. The Kier molecular flexibility index (Phi) is 2.97. The third-order valence-corrected chi connectivity index (χ3v) is 3.16. The molecule has 0 saturated carbocycles. The van der Waals surface area contributed by atoms with Crippen molar-refractivity contribution >= 4 is 10.9 Å². The van der Waals surface area contributed by atoms with Crippen molar-refractivity contribution in [1.29, 1.82) is 0 Å². The predicted molar refractivity (Wildman–Crippen MR) is 75.0 cm³/mol. The Balaban J connectivity index is 2.18. The molecule has 19 heavy (non-hydrogen) atoms. The molecule has 94 valence electrons. The summed E-state index contributed by atoms with van der Waals surface area (Å²) in [5.41, 5.74) is 9.07. The van der Waals surface area contributed by atoms with Gasteiger partial charge < -0.3 is 5.73 Å². The number of aromatic nitrogens is 1.